The van der Waals surface area contributed by atoms with Gasteiger partial charge in [-0.25, -0.2) is 0 Å². The topological polar surface area (TPSA) is 32.3 Å². The number of amides is 1. The molecule has 0 aromatic heterocycles. The maximum atomic E-state index is 11.8. The molecule has 1 aliphatic heterocycles. The van der Waals surface area contributed by atoms with Crippen LogP contribution < -0.4 is 5.32 Å². The number of carbonyl (C=O) groups is 1. The van der Waals surface area contributed by atoms with Crippen LogP contribution in [0.1, 0.15) is 39.0 Å². The van der Waals surface area contributed by atoms with Gasteiger partial charge in [-0.15, -0.1) is 0 Å². The number of nitrogens with one attached hydrogen (secondary N) is 1. The first-order valence-electron chi connectivity index (χ1n) is 6.16. The van der Waals surface area contributed by atoms with Gasteiger partial charge in [-0.2, -0.15) is 0 Å². The van der Waals surface area contributed by atoms with E-state index in [0.717, 1.165) is 44.8 Å². The summed E-state index contributed by atoms with van der Waals surface area (Å²) in [4.78, 5) is 13.8. The number of carbonyl (C=O) groups excluding carboxylic acids is 1. The third kappa shape index (κ3) is 4.65. The highest BCUT2D eigenvalue weighted by atomic mass is 16.2. The summed E-state index contributed by atoms with van der Waals surface area (Å²) in [5.74, 6) is 1.16. The third-order valence-electron chi connectivity index (χ3n) is 3.20. The number of likely N-dealkylation sites (tertiary alicyclic amines) is 1. The predicted octanol–water partition coefficient (Wildman–Crippen LogP) is 1.63. The summed E-state index contributed by atoms with van der Waals surface area (Å²) < 4.78 is 0. The van der Waals surface area contributed by atoms with Gasteiger partial charge in [0.1, 0.15) is 0 Å². The van der Waals surface area contributed by atoms with Crippen molar-refractivity contribution in [3.8, 4) is 0 Å². The van der Waals surface area contributed by atoms with Gasteiger partial charge >= 0.3 is 0 Å². The van der Waals surface area contributed by atoms with E-state index in [2.05, 4.69) is 12.2 Å². The lowest BCUT2D eigenvalue weighted by Gasteiger charge is -2.30. The lowest BCUT2D eigenvalue weighted by atomic mass is 9.99. The summed E-state index contributed by atoms with van der Waals surface area (Å²) in [6.07, 6.45) is 5.22. The van der Waals surface area contributed by atoms with Crippen molar-refractivity contribution >= 4 is 5.91 Å². The van der Waals surface area contributed by atoms with E-state index < -0.39 is 0 Å². The van der Waals surface area contributed by atoms with Crippen LogP contribution in [0.5, 0.6) is 0 Å². The Hall–Kier alpha value is -0.570. The average Bonchev–Trinajstić information content (AvgIpc) is 2.25. The molecule has 0 aromatic carbocycles. The number of hydrogen-bond donors (Lipinski definition) is 1. The Morgan fingerprint density at radius 3 is 2.60 bits per heavy atom. The quantitative estimate of drug-likeness (QED) is 0.703. The number of hydrogen-bond acceptors (Lipinski definition) is 2. The fourth-order valence-electron chi connectivity index (χ4n) is 1.99. The van der Waals surface area contributed by atoms with Gasteiger partial charge in [0, 0.05) is 19.5 Å². The number of unbranched alkanes of at least 4 members (excludes halogenated alkanes) is 1. The van der Waals surface area contributed by atoms with E-state index in [1.54, 1.807) is 0 Å². The van der Waals surface area contributed by atoms with Crippen molar-refractivity contribution in [2.45, 2.75) is 39.0 Å². The normalized spacial score (nSPS) is 18.1. The Bertz CT molecular complexity index is 186. The molecule has 1 heterocycles. The largest absolute Gasteiger partial charge is 0.343 e. The Morgan fingerprint density at radius 2 is 2.00 bits per heavy atom. The van der Waals surface area contributed by atoms with E-state index in [4.69, 9.17) is 0 Å². The Morgan fingerprint density at radius 1 is 1.33 bits per heavy atom. The smallest absolute Gasteiger partial charge is 0.222 e. The van der Waals surface area contributed by atoms with Gasteiger partial charge in [-0.05, 0) is 45.2 Å². The molecule has 1 rings (SSSR count). The predicted molar refractivity (Wildman–Crippen MR) is 62.8 cm³/mol. The van der Waals surface area contributed by atoms with Crippen LogP contribution in [-0.2, 0) is 4.79 Å². The maximum absolute atomic E-state index is 11.8. The van der Waals surface area contributed by atoms with Crippen LogP contribution in [-0.4, -0.2) is 37.5 Å². The van der Waals surface area contributed by atoms with Crippen LogP contribution >= 0.6 is 0 Å². The summed E-state index contributed by atoms with van der Waals surface area (Å²) in [5, 5.41) is 3.10. The minimum absolute atomic E-state index is 0.359. The maximum Gasteiger partial charge on any atom is 0.222 e. The molecule has 0 spiro atoms. The summed E-state index contributed by atoms with van der Waals surface area (Å²) in [7, 11) is 1.95. The number of nitrogens with zero attached hydrogens (tertiary/aromatic N) is 1. The van der Waals surface area contributed by atoms with Crippen LogP contribution in [0, 0.1) is 5.92 Å². The summed E-state index contributed by atoms with van der Waals surface area (Å²) in [5.41, 5.74) is 0. The molecule has 15 heavy (non-hydrogen) atoms. The molecule has 0 saturated carbocycles. The molecule has 0 bridgehead atoms. The molecule has 88 valence electrons. The van der Waals surface area contributed by atoms with Crippen molar-refractivity contribution in [2.75, 3.05) is 26.7 Å². The molecule has 0 unspecified atom stereocenters. The Kier molecular flexibility index (Phi) is 5.69. The molecule has 1 aliphatic rings. The molecule has 1 N–H and O–H groups in total. The molecule has 0 radical (unpaired) electrons. The van der Waals surface area contributed by atoms with Crippen LogP contribution in [0.4, 0.5) is 0 Å². The molecule has 1 amide bonds. The van der Waals surface area contributed by atoms with Crippen molar-refractivity contribution in [3.05, 3.63) is 0 Å². The second-order valence-electron chi connectivity index (χ2n) is 4.62. The van der Waals surface area contributed by atoms with Gasteiger partial charge in [0.25, 0.3) is 0 Å². The summed E-state index contributed by atoms with van der Waals surface area (Å²) in [6.45, 7) is 5.25. The fourth-order valence-corrected chi connectivity index (χ4v) is 1.99. The zero-order valence-corrected chi connectivity index (χ0v) is 10.1. The third-order valence-corrected chi connectivity index (χ3v) is 3.20. The highest BCUT2D eigenvalue weighted by Gasteiger charge is 2.19. The van der Waals surface area contributed by atoms with E-state index in [0.29, 0.717) is 5.91 Å². The summed E-state index contributed by atoms with van der Waals surface area (Å²) >= 11 is 0. The molecule has 3 heteroatoms. The first kappa shape index (κ1) is 12.5. The molecular formula is C12H24N2O. The van der Waals surface area contributed by atoms with Gasteiger partial charge in [-0.3, -0.25) is 4.79 Å². The van der Waals surface area contributed by atoms with Gasteiger partial charge in [0.2, 0.25) is 5.91 Å². The highest BCUT2D eigenvalue weighted by Crippen LogP contribution is 2.16. The molecular weight excluding hydrogens is 188 g/mol. The molecule has 0 aliphatic carbocycles. The average molecular weight is 212 g/mol. The molecule has 3 nitrogen and oxygen atoms in total. The molecule has 1 fully saturated rings. The monoisotopic (exact) mass is 212 g/mol. The zero-order valence-electron chi connectivity index (χ0n) is 10.1. The fraction of sp³-hybridized carbons (Fsp3) is 0.917. The summed E-state index contributed by atoms with van der Waals surface area (Å²) in [6, 6.07) is 0. The zero-order chi connectivity index (χ0) is 11.1. The van der Waals surface area contributed by atoms with Crippen LogP contribution in [0.2, 0.25) is 0 Å². The molecule has 1 saturated heterocycles. The standard InChI is InChI=1S/C12H24N2O/c1-11-6-9-14(10-7-11)12(15)5-3-4-8-13-2/h11,13H,3-10H2,1-2H3. The van der Waals surface area contributed by atoms with Crippen LogP contribution in [0.15, 0.2) is 0 Å². The molecule has 0 aromatic rings. The van der Waals surface area contributed by atoms with Crippen molar-refractivity contribution < 1.29 is 4.79 Å². The lowest BCUT2D eigenvalue weighted by Crippen LogP contribution is -2.37. The Labute approximate surface area is 93.2 Å². The van der Waals surface area contributed by atoms with Crippen molar-refractivity contribution in [1.29, 1.82) is 0 Å². The van der Waals surface area contributed by atoms with Crippen molar-refractivity contribution in [1.82, 2.24) is 10.2 Å². The Balaban J connectivity index is 2.11. The van der Waals surface area contributed by atoms with Gasteiger partial charge in [0.05, 0.1) is 0 Å². The number of piperidine rings is 1. The minimum Gasteiger partial charge on any atom is -0.343 e. The van der Waals surface area contributed by atoms with E-state index in [9.17, 15) is 4.79 Å². The van der Waals surface area contributed by atoms with Gasteiger partial charge < -0.3 is 10.2 Å². The van der Waals surface area contributed by atoms with Crippen molar-refractivity contribution in [3.63, 3.8) is 0 Å². The minimum atomic E-state index is 0.359. The first-order valence-corrected chi connectivity index (χ1v) is 6.16. The van der Waals surface area contributed by atoms with E-state index in [-0.39, 0.29) is 0 Å². The second-order valence-corrected chi connectivity index (χ2v) is 4.62. The van der Waals surface area contributed by atoms with Crippen molar-refractivity contribution in [2.24, 2.45) is 5.92 Å². The molecule has 0 atom stereocenters. The van der Waals surface area contributed by atoms with Gasteiger partial charge in [-0.1, -0.05) is 6.92 Å². The lowest BCUT2D eigenvalue weighted by molar-refractivity contribution is -0.132. The van der Waals surface area contributed by atoms with Gasteiger partial charge in [0.15, 0.2) is 0 Å². The van der Waals surface area contributed by atoms with E-state index in [1.807, 2.05) is 11.9 Å². The highest BCUT2D eigenvalue weighted by molar-refractivity contribution is 5.76. The SMILES string of the molecule is CNCCCCC(=O)N1CCC(C)CC1. The van der Waals surface area contributed by atoms with Crippen LogP contribution in [0.3, 0.4) is 0 Å². The number of rotatable bonds is 5. The second kappa shape index (κ2) is 6.83. The van der Waals surface area contributed by atoms with E-state index >= 15 is 0 Å². The first-order chi connectivity index (χ1) is 7.24. The van der Waals surface area contributed by atoms with Crippen LogP contribution in [0.25, 0.3) is 0 Å². The van der Waals surface area contributed by atoms with E-state index in [1.165, 1.54) is 12.8 Å².